The fourth-order valence-corrected chi connectivity index (χ4v) is 11.8. The lowest BCUT2D eigenvalue weighted by Gasteiger charge is -2.21. The van der Waals surface area contributed by atoms with E-state index in [1.54, 1.807) is 0 Å². The lowest BCUT2D eigenvalue weighted by Crippen LogP contribution is -2.30. The van der Waals surface area contributed by atoms with Crippen molar-refractivity contribution in [2.75, 3.05) is 39.6 Å². The van der Waals surface area contributed by atoms with E-state index in [1.165, 1.54) is 148 Å². The first-order chi connectivity index (χ1) is 46.2. The number of carbonyl (C=O) groups is 3. The quantitative estimate of drug-likeness (QED) is 0.0146. The van der Waals surface area contributed by atoms with Crippen molar-refractivity contribution in [2.24, 2.45) is 0 Å². The SMILES string of the molecule is CCCCC/C=C\C/C=C\C/C=C\C/C=C\CCCCCCCCCCCCCCCCCC(=O)OCC(O)COP(=O)(O)OCC(O)COP(=O)(O)OCC(COC(=O)CCCCCCC/C=C\C/C=C\CCCCC)OC(=O)CCCCCCC/C=C\CCCCCC. The van der Waals surface area contributed by atoms with Gasteiger partial charge in [-0.2, -0.15) is 0 Å². The summed E-state index contributed by atoms with van der Waals surface area (Å²) in [6, 6.07) is 0. The van der Waals surface area contributed by atoms with Crippen LogP contribution in [-0.4, -0.2) is 95.9 Å². The van der Waals surface area contributed by atoms with Gasteiger partial charge in [-0.15, -0.1) is 0 Å². The number of phosphoric acid groups is 2. The maximum absolute atomic E-state index is 12.9. The maximum Gasteiger partial charge on any atom is 0.472 e. The highest BCUT2D eigenvalue weighted by molar-refractivity contribution is 7.47. The fraction of sp³-hybridized carbons (Fsp3) is 0.779. The molecule has 0 saturated carbocycles. The molecule has 16 nitrogen and oxygen atoms in total. The van der Waals surface area contributed by atoms with E-state index in [0.717, 1.165) is 122 Å². The molecule has 0 spiro atoms. The largest absolute Gasteiger partial charge is 0.472 e. The summed E-state index contributed by atoms with van der Waals surface area (Å²) in [6.07, 6.45) is 77.9. The van der Waals surface area contributed by atoms with E-state index >= 15 is 0 Å². The van der Waals surface area contributed by atoms with Gasteiger partial charge in [0, 0.05) is 19.3 Å². The lowest BCUT2D eigenvalue weighted by atomic mass is 10.0. The molecule has 0 saturated heterocycles. The number of unbranched alkanes of at least 4 members (excludes halogenated alkanes) is 35. The normalized spacial score (nSPS) is 14.6. The molecule has 0 amide bonds. The third-order valence-electron chi connectivity index (χ3n) is 16.1. The Bertz CT molecular complexity index is 2070. The van der Waals surface area contributed by atoms with Crippen LogP contribution in [0.25, 0.3) is 0 Å². The molecule has 0 radical (unpaired) electrons. The van der Waals surface area contributed by atoms with E-state index in [1.807, 2.05) is 0 Å². The Balaban J connectivity index is 4.40. The van der Waals surface area contributed by atoms with Crippen LogP contribution in [0.15, 0.2) is 85.1 Å². The number of ether oxygens (including phenoxy) is 3. The van der Waals surface area contributed by atoms with E-state index in [-0.39, 0.29) is 19.3 Å². The predicted octanol–water partition coefficient (Wildman–Crippen LogP) is 21.7. The Morgan fingerprint density at radius 2 is 0.526 bits per heavy atom. The highest BCUT2D eigenvalue weighted by Gasteiger charge is 2.29. The number of carbonyl (C=O) groups excluding carboxylic acids is 3. The number of aliphatic hydroxyl groups excluding tert-OH is 2. The smallest absolute Gasteiger partial charge is 0.463 e. The van der Waals surface area contributed by atoms with Crippen LogP contribution in [0.3, 0.4) is 0 Å². The monoisotopic (exact) mass is 1380 g/mol. The molecule has 0 heterocycles. The maximum atomic E-state index is 12.9. The van der Waals surface area contributed by atoms with Crippen LogP contribution >= 0.6 is 15.6 Å². The molecule has 5 unspecified atom stereocenters. The summed E-state index contributed by atoms with van der Waals surface area (Å²) in [6.45, 7) is 2.60. The summed E-state index contributed by atoms with van der Waals surface area (Å²) in [7, 11) is -9.78. The van der Waals surface area contributed by atoms with Crippen molar-refractivity contribution in [3.63, 3.8) is 0 Å². The summed E-state index contributed by atoms with van der Waals surface area (Å²) < 4.78 is 60.9. The van der Waals surface area contributed by atoms with Gasteiger partial charge < -0.3 is 34.2 Å². The second kappa shape index (κ2) is 70.6. The predicted molar refractivity (Wildman–Crippen MR) is 390 cm³/mol. The standard InChI is InChI=1S/C77H138O16P2/c1-4-7-10-13-16-19-22-25-27-28-29-30-31-32-33-34-35-36-37-38-39-40-41-42-44-47-48-51-54-57-60-63-75(80)87-66-72(78)67-89-94(83,84)90-68-73(79)69-91-95(85,86)92-71-74(93-77(82)65-62-59-56-53-50-45-24-21-18-15-12-9-6-3)70-88-76(81)64-61-58-55-52-49-46-43-26-23-20-17-14-11-8-5-2/h16-17,19-21,24-27,29-30,32-33,43,72-74,78-79H,4-15,18,22-23,28,31,34-42,44-71H2,1-3H3,(H,83,84)(H,85,86)/b19-16-,20-17-,24-21-,27-25-,30-29-,33-32-,43-26-. The first-order valence-corrected chi connectivity index (χ1v) is 40.9. The minimum atomic E-state index is -4.92. The zero-order chi connectivity index (χ0) is 69.5. The number of esters is 3. The van der Waals surface area contributed by atoms with Crippen LogP contribution in [0.1, 0.15) is 329 Å². The Labute approximate surface area is 578 Å². The summed E-state index contributed by atoms with van der Waals surface area (Å²) in [5.41, 5.74) is 0. The number of rotatable bonds is 72. The van der Waals surface area contributed by atoms with Crippen LogP contribution in [0.5, 0.6) is 0 Å². The Kier molecular flexibility index (Phi) is 68.2. The van der Waals surface area contributed by atoms with Crippen LogP contribution < -0.4 is 0 Å². The van der Waals surface area contributed by atoms with Crippen molar-refractivity contribution in [3.8, 4) is 0 Å². The molecule has 0 rings (SSSR count). The van der Waals surface area contributed by atoms with Gasteiger partial charge in [-0.1, -0.05) is 273 Å². The van der Waals surface area contributed by atoms with Gasteiger partial charge in [-0.3, -0.25) is 32.5 Å². The second-order valence-corrected chi connectivity index (χ2v) is 28.4. The average molecular weight is 1380 g/mol. The topological polar surface area (TPSA) is 231 Å². The number of hydrogen-bond acceptors (Lipinski definition) is 14. The Morgan fingerprint density at radius 1 is 0.295 bits per heavy atom. The molecular weight excluding hydrogens is 1240 g/mol. The molecule has 0 aliphatic heterocycles. The van der Waals surface area contributed by atoms with E-state index in [0.29, 0.717) is 19.3 Å². The highest BCUT2D eigenvalue weighted by atomic mass is 31.2. The third kappa shape index (κ3) is 71.8. The minimum absolute atomic E-state index is 0.0931. The van der Waals surface area contributed by atoms with Crippen molar-refractivity contribution in [3.05, 3.63) is 85.1 Å². The van der Waals surface area contributed by atoms with Crippen LogP contribution in [0.2, 0.25) is 0 Å². The van der Waals surface area contributed by atoms with Crippen LogP contribution in [0, 0.1) is 0 Å². The average Bonchev–Trinajstić information content (AvgIpc) is 1.75. The summed E-state index contributed by atoms with van der Waals surface area (Å²) in [5, 5.41) is 20.6. The van der Waals surface area contributed by atoms with Gasteiger partial charge >= 0.3 is 33.6 Å². The number of hydrogen-bond donors (Lipinski definition) is 4. The molecule has 4 N–H and O–H groups in total. The van der Waals surface area contributed by atoms with Gasteiger partial charge in [0.2, 0.25) is 0 Å². The molecule has 0 aromatic carbocycles. The van der Waals surface area contributed by atoms with Gasteiger partial charge in [-0.25, -0.2) is 9.13 Å². The van der Waals surface area contributed by atoms with Gasteiger partial charge in [0.1, 0.15) is 25.4 Å². The van der Waals surface area contributed by atoms with E-state index < -0.39 is 91.5 Å². The molecular formula is C77H138O16P2. The van der Waals surface area contributed by atoms with Crippen LogP contribution in [-0.2, 0) is 55.8 Å². The fourth-order valence-electron chi connectivity index (χ4n) is 10.2. The van der Waals surface area contributed by atoms with Gasteiger partial charge in [0.05, 0.1) is 26.4 Å². The first-order valence-electron chi connectivity index (χ1n) is 37.9. The Hall–Kier alpha value is -3.27. The second-order valence-electron chi connectivity index (χ2n) is 25.4. The van der Waals surface area contributed by atoms with Gasteiger partial charge in [0.15, 0.2) is 6.10 Å². The minimum Gasteiger partial charge on any atom is -0.463 e. The van der Waals surface area contributed by atoms with Crippen molar-refractivity contribution < 1.29 is 75.8 Å². The van der Waals surface area contributed by atoms with Crippen LogP contribution in [0.4, 0.5) is 0 Å². The number of aliphatic hydroxyl groups is 2. The van der Waals surface area contributed by atoms with E-state index in [2.05, 4.69) is 106 Å². The number of phosphoric ester groups is 2. The lowest BCUT2D eigenvalue weighted by molar-refractivity contribution is -0.161. The van der Waals surface area contributed by atoms with Gasteiger partial charge in [-0.05, 0) is 122 Å². The van der Waals surface area contributed by atoms with Crippen molar-refractivity contribution >= 4 is 33.6 Å². The van der Waals surface area contributed by atoms with Crippen molar-refractivity contribution in [1.82, 2.24) is 0 Å². The Morgan fingerprint density at radius 3 is 0.863 bits per heavy atom. The highest BCUT2D eigenvalue weighted by Crippen LogP contribution is 2.45. The molecule has 0 aromatic heterocycles. The molecule has 0 aromatic rings. The molecule has 18 heteroatoms. The third-order valence-corrected chi connectivity index (χ3v) is 18.0. The molecule has 0 aliphatic carbocycles. The number of allylic oxidation sites excluding steroid dienone is 14. The molecule has 95 heavy (non-hydrogen) atoms. The summed E-state index contributed by atoms with van der Waals surface area (Å²) in [4.78, 5) is 58.4. The molecule has 5 atom stereocenters. The van der Waals surface area contributed by atoms with Crippen molar-refractivity contribution in [1.29, 1.82) is 0 Å². The first kappa shape index (κ1) is 91.7. The molecule has 552 valence electrons. The zero-order valence-corrected chi connectivity index (χ0v) is 61.9. The zero-order valence-electron chi connectivity index (χ0n) is 60.1. The van der Waals surface area contributed by atoms with Gasteiger partial charge in [0.25, 0.3) is 0 Å². The van der Waals surface area contributed by atoms with E-state index in [9.17, 15) is 43.5 Å². The van der Waals surface area contributed by atoms with E-state index in [4.69, 9.17) is 32.3 Å². The summed E-state index contributed by atoms with van der Waals surface area (Å²) >= 11 is 0. The van der Waals surface area contributed by atoms with Crippen molar-refractivity contribution in [2.45, 2.75) is 347 Å². The molecule has 0 fully saturated rings. The molecule has 0 aliphatic rings. The summed E-state index contributed by atoms with van der Waals surface area (Å²) in [5.74, 6) is -1.59. The molecule has 0 bridgehead atoms.